The monoisotopic (exact) mass is 356 g/mol. The van der Waals surface area contributed by atoms with E-state index >= 15 is 0 Å². The molecule has 1 aliphatic rings. The van der Waals surface area contributed by atoms with Gasteiger partial charge in [-0.05, 0) is 13.3 Å². The fourth-order valence-corrected chi connectivity index (χ4v) is 3.54. The predicted molar refractivity (Wildman–Crippen MR) is 106 cm³/mol. The molecule has 2 unspecified atom stereocenters. The van der Waals surface area contributed by atoms with Crippen molar-refractivity contribution >= 4 is 0 Å². The largest absolute Gasteiger partial charge is 0.370 e. The molecule has 0 bridgehead atoms. The van der Waals surface area contributed by atoms with Gasteiger partial charge < -0.3 is 14.6 Å². The normalized spacial score (nSPS) is 23.9. The zero-order valence-electron chi connectivity index (χ0n) is 17.1. The van der Waals surface area contributed by atoms with Crippen LogP contribution in [-0.2, 0) is 9.47 Å². The van der Waals surface area contributed by atoms with E-state index in [1.165, 1.54) is 96.3 Å². The lowest BCUT2D eigenvalue weighted by atomic mass is 10.0. The summed E-state index contributed by atoms with van der Waals surface area (Å²) in [6.45, 7) is 4.78. The Morgan fingerprint density at radius 3 is 1.60 bits per heavy atom. The first-order valence-corrected chi connectivity index (χ1v) is 11.1. The zero-order valence-corrected chi connectivity index (χ0v) is 17.1. The summed E-state index contributed by atoms with van der Waals surface area (Å²) in [5, 5.41) is 9.65. The molecular formula is C22H44O3. The molecule has 1 aliphatic heterocycles. The van der Waals surface area contributed by atoms with Gasteiger partial charge in [-0.15, -0.1) is 0 Å². The highest BCUT2D eigenvalue weighted by atomic mass is 16.7. The van der Waals surface area contributed by atoms with E-state index in [0.29, 0.717) is 13.2 Å². The number of rotatable bonds is 16. The van der Waals surface area contributed by atoms with Gasteiger partial charge in [-0.3, -0.25) is 0 Å². The molecule has 0 aromatic rings. The van der Waals surface area contributed by atoms with E-state index in [1.54, 1.807) is 6.92 Å². The molecule has 3 heteroatoms. The first-order chi connectivity index (χ1) is 12.1. The van der Waals surface area contributed by atoms with Crippen molar-refractivity contribution in [2.75, 3.05) is 13.2 Å². The van der Waals surface area contributed by atoms with Crippen LogP contribution in [0.1, 0.15) is 117 Å². The third kappa shape index (κ3) is 13.7. The highest BCUT2D eigenvalue weighted by Gasteiger charge is 2.29. The van der Waals surface area contributed by atoms with Gasteiger partial charge >= 0.3 is 0 Å². The summed E-state index contributed by atoms with van der Waals surface area (Å²) in [5.41, 5.74) is 0. The van der Waals surface area contributed by atoms with Crippen molar-refractivity contribution < 1.29 is 14.6 Å². The van der Waals surface area contributed by atoms with Gasteiger partial charge in [0.05, 0.1) is 12.7 Å². The Kier molecular flexibility index (Phi) is 13.7. The number of hydrogen-bond acceptors (Lipinski definition) is 3. The Morgan fingerprint density at radius 1 is 0.760 bits per heavy atom. The maximum Gasteiger partial charge on any atom is 0.186 e. The highest BCUT2D eigenvalue weighted by molar-refractivity contribution is 4.69. The van der Waals surface area contributed by atoms with Crippen molar-refractivity contribution in [1.82, 2.24) is 0 Å². The van der Waals surface area contributed by atoms with Gasteiger partial charge in [0.1, 0.15) is 6.61 Å². The van der Waals surface area contributed by atoms with E-state index in [1.807, 2.05) is 0 Å². The number of unbranched alkanes of at least 4 members (excludes halogenated alkanes) is 14. The fraction of sp³-hybridized carbons (Fsp3) is 1.00. The molecule has 1 fully saturated rings. The Hall–Kier alpha value is -0.120. The van der Waals surface area contributed by atoms with Gasteiger partial charge in [-0.1, -0.05) is 103 Å². The molecule has 3 nitrogen and oxygen atoms in total. The first kappa shape index (κ1) is 22.9. The van der Waals surface area contributed by atoms with E-state index in [4.69, 9.17) is 9.47 Å². The molecule has 0 aromatic carbocycles. The molecule has 1 saturated heterocycles. The SMILES string of the molecule is CCCCCCCCCCCCCCCCCC1COC(C)(O)CO1. The maximum absolute atomic E-state index is 9.65. The molecule has 0 saturated carbocycles. The van der Waals surface area contributed by atoms with Crippen LogP contribution in [0.2, 0.25) is 0 Å². The van der Waals surface area contributed by atoms with E-state index in [9.17, 15) is 5.11 Å². The minimum Gasteiger partial charge on any atom is -0.370 e. The van der Waals surface area contributed by atoms with Gasteiger partial charge in [0.15, 0.2) is 5.79 Å². The molecule has 2 atom stereocenters. The third-order valence-electron chi connectivity index (χ3n) is 5.30. The van der Waals surface area contributed by atoms with Gasteiger partial charge in [0, 0.05) is 0 Å². The lowest BCUT2D eigenvalue weighted by molar-refractivity contribution is -0.278. The van der Waals surface area contributed by atoms with Crippen LogP contribution >= 0.6 is 0 Å². The Bertz CT molecular complexity index is 281. The quantitative estimate of drug-likeness (QED) is 0.326. The molecule has 0 amide bonds. The Morgan fingerprint density at radius 2 is 1.20 bits per heavy atom. The van der Waals surface area contributed by atoms with E-state index in [0.717, 1.165) is 6.42 Å². The minimum absolute atomic E-state index is 0.183. The van der Waals surface area contributed by atoms with Crippen LogP contribution in [0.25, 0.3) is 0 Å². The van der Waals surface area contributed by atoms with Crippen molar-refractivity contribution in [3.63, 3.8) is 0 Å². The van der Waals surface area contributed by atoms with Crippen LogP contribution in [0.4, 0.5) is 0 Å². The van der Waals surface area contributed by atoms with Crippen molar-refractivity contribution in [3.05, 3.63) is 0 Å². The van der Waals surface area contributed by atoms with Crippen LogP contribution in [0.3, 0.4) is 0 Å². The third-order valence-corrected chi connectivity index (χ3v) is 5.30. The average molecular weight is 357 g/mol. The summed E-state index contributed by atoms with van der Waals surface area (Å²) < 4.78 is 11.0. The Labute approximate surface area is 156 Å². The second kappa shape index (κ2) is 15.0. The fourth-order valence-electron chi connectivity index (χ4n) is 3.54. The number of aliphatic hydroxyl groups is 1. The molecule has 0 radical (unpaired) electrons. The minimum atomic E-state index is -1.08. The summed E-state index contributed by atoms with van der Waals surface area (Å²) in [7, 11) is 0. The molecule has 1 rings (SSSR count). The van der Waals surface area contributed by atoms with E-state index < -0.39 is 5.79 Å². The standard InChI is InChI=1S/C22H44O3/c1-3-4-5-6-7-8-9-10-11-12-13-14-15-16-17-18-21-19-25-22(2,23)20-24-21/h21,23H,3-20H2,1-2H3. The topological polar surface area (TPSA) is 38.7 Å². The van der Waals surface area contributed by atoms with Gasteiger partial charge in [0.25, 0.3) is 0 Å². The molecular weight excluding hydrogens is 312 g/mol. The smallest absolute Gasteiger partial charge is 0.186 e. The molecule has 0 aromatic heterocycles. The molecule has 0 aliphatic carbocycles. The lowest BCUT2D eigenvalue weighted by Gasteiger charge is -2.33. The van der Waals surface area contributed by atoms with Crippen molar-refractivity contribution in [3.8, 4) is 0 Å². The van der Waals surface area contributed by atoms with Gasteiger partial charge in [-0.2, -0.15) is 0 Å². The summed E-state index contributed by atoms with van der Waals surface area (Å²) >= 11 is 0. The number of ether oxygens (including phenoxy) is 2. The van der Waals surface area contributed by atoms with Gasteiger partial charge in [0.2, 0.25) is 0 Å². The summed E-state index contributed by atoms with van der Waals surface area (Å²) in [6.07, 6.45) is 22.2. The van der Waals surface area contributed by atoms with E-state index in [2.05, 4.69) is 6.92 Å². The van der Waals surface area contributed by atoms with Crippen LogP contribution < -0.4 is 0 Å². The molecule has 0 spiro atoms. The van der Waals surface area contributed by atoms with Crippen LogP contribution in [-0.4, -0.2) is 30.2 Å². The predicted octanol–water partition coefficient (Wildman–Crippen LogP) is 6.37. The van der Waals surface area contributed by atoms with Crippen LogP contribution in [0.15, 0.2) is 0 Å². The van der Waals surface area contributed by atoms with Crippen LogP contribution in [0.5, 0.6) is 0 Å². The Balaban J connectivity index is 1.72. The first-order valence-electron chi connectivity index (χ1n) is 11.1. The van der Waals surface area contributed by atoms with Gasteiger partial charge in [-0.25, -0.2) is 0 Å². The second-order valence-electron chi connectivity index (χ2n) is 8.16. The van der Waals surface area contributed by atoms with Crippen molar-refractivity contribution in [1.29, 1.82) is 0 Å². The van der Waals surface area contributed by atoms with Crippen LogP contribution in [0, 0.1) is 0 Å². The molecule has 150 valence electrons. The maximum atomic E-state index is 9.65. The average Bonchev–Trinajstić information content (AvgIpc) is 2.59. The summed E-state index contributed by atoms with van der Waals surface area (Å²) in [6, 6.07) is 0. The van der Waals surface area contributed by atoms with E-state index in [-0.39, 0.29) is 6.10 Å². The number of hydrogen-bond donors (Lipinski definition) is 1. The summed E-state index contributed by atoms with van der Waals surface area (Å²) in [5.74, 6) is -1.08. The molecule has 25 heavy (non-hydrogen) atoms. The lowest BCUT2D eigenvalue weighted by Crippen LogP contribution is -2.44. The summed E-state index contributed by atoms with van der Waals surface area (Å²) in [4.78, 5) is 0. The zero-order chi connectivity index (χ0) is 18.2. The second-order valence-corrected chi connectivity index (χ2v) is 8.16. The molecule has 1 heterocycles. The van der Waals surface area contributed by atoms with Crippen molar-refractivity contribution in [2.24, 2.45) is 0 Å². The molecule has 1 N–H and O–H groups in total. The highest BCUT2D eigenvalue weighted by Crippen LogP contribution is 2.19. The van der Waals surface area contributed by atoms with Crippen molar-refractivity contribution in [2.45, 2.75) is 128 Å².